The lowest BCUT2D eigenvalue weighted by Crippen LogP contribution is -2.69. The van der Waals surface area contributed by atoms with Crippen molar-refractivity contribution in [2.24, 2.45) is 0 Å². The smallest absolute Gasteiger partial charge is 0.425 e. The van der Waals surface area contributed by atoms with Gasteiger partial charge in [-0.25, -0.2) is 0 Å². The number of aromatic nitrogens is 1. The van der Waals surface area contributed by atoms with E-state index in [1.807, 2.05) is 17.0 Å². The van der Waals surface area contributed by atoms with Crippen molar-refractivity contribution in [3.05, 3.63) is 69.7 Å². The number of rotatable bonds is 10. The minimum atomic E-state index is -4.86. The Kier molecular flexibility index (Phi) is 11.2. The van der Waals surface area contributed by atoms with Crippen LogP contribution in [0.5, 0.6) is 11.5 Å². The van der Waals surface area contributed by atoms with Crippen LogP contribution in [0.15, 0.2) is 48.8 Å². The van der Waals surface area contributed by atoms with Gasteiger partial charge in [0.15, 0.2) is 0 Å². The molecule has 0 spiro atoms. The first-order chi connectivity index (χ1) is 23.7. The Morgan fingerprint density at radius 2 is 1.74 bits per heavy atom. The van der Waals surface area contributed by atoms with Crippen molar-refractivity contribution < 1.29 is 50.5 Å². The van der Waals surface area contributed by atoms with Crippen LogP contribution in [0.3, 0.4) is 0 Å². The first-order valence-electron chi connectivity index (χ1n) is 16.3. The topological polar surface area (TPSA) is 95.4 Å². The molecule has 0 saturated carbocycles. The van der Waals surface area contributed by atoms with E-state index in [1.54, 1.807) is 24.0 Å². The molecule has 5 rings (SSSR count). The van der Waals surface area contributed by atoms with E-state index in [4.69, 9.17) is 9.47 Å². The number of piperazine rings is 1. The summed E-state index contributed by atoms with van der Waals surface area (Å²) in [5.41, 5.74) is -3.02. The first-order valence-corrected chi connectivity index (χ1v) is 17.1. The van der Waals surface area contributed by atoms with Gasteiger partial charge >= 0.3 is 12.4 Å². The van der Waals surface area contributed by atoms with Crippen molar-refractivity contribution in [3.63, 3.8) is 0 Å². The van der Waals surface area contributed by atoms with Gasteiger partial charge in [-0.15, -0.1) is 11.3 Å². The Bertz CT molecular complexity index is 1660. The molecule has 2 amide bonds. The standard InChI is InChI=1S/C34H38F6N4O5S/c1-3-7-28-32(49-27-20-29(34(38,39)40)50-22(27)2,11-6-13-44(28)30(46)23-21-41-12-10-24(23)33(35,36)37)31(47)43-16-14-42(15-17-43)25-8-4-5-9-26(25)48-19-18-45/h4-5,8-10,12,20-21,28,45H,3,6-7,11,13-19H2,1-2H3/t28-,32+/m1/s1. The van der Waals surface area contributed by atoms with Crippen LogP contribution in [0.1, 0.15) is 58.3 Å². The van der Waals surface area contributed by atoms with Crippen LogP contribution in [0.25, 0.3) is 0 Å². The fourth-order valence-electron chi connectivity index (χ4n) is 6.69. The third-order valence-corrected chi connectivity index (χ3v) is 10.0. The number of aliphatic hydroxyl groups is 1. The second kappa shape index (κ2) is 15.1. The van der Waals surface area contributed by atoms with Crippen LogP contribution in [-0.4, -0.2) is 89.3 Å². The first kappa shape index (κ1) is 37.2. The van der Waals surface area contributed by atoms with Crippen LogP contribution < -0.4 is 14.4 Å². The monoisotopic (exact) mass is 728 g/mol. The Labute approximate surface area is 289 Å². The molecule has 0 bridgehead atoms. The number of thiophene rings is 1. The SMILES string of the molecule is CCC[C@H]1N(C(=O)c2cnccc2C(F)(F)F)CCC[C@@]1(Oc1cc(C(F)(F)F)sc1C)C(=O)N1CCN(c2ccccc2OCCO)CC1. The Morgan fingerprint density at radius 3 is 2.38 bits per heavy atom. The van der Waals surface area contributed by atoms with E-state index in [1.165, 1.54) is 11.8 Å². The Hall–Kier alpha value is -4.05. The molecule has 2 saturated heterocycles. The van der Waals surface area contributed by atoms with Gasteiger partial charge < -0.3 is 29.3 Å². The molecule has 0 unspecified atom stereocenters. The van der Waals surface area contributed by atoms with Crippen molar-refractivity contribution in [1.29, 1.82) is 0 Å². The second-order valence-corrected chi connectivity index (χ2v) is 13.4. The molecule has 1 N–H and O–H groups in total. The zero-order valence-corrected chi connectivity index (χ0v) is 28.3. The third-order valence-electron chi connectivity index (χ3n) is 8.97. The highest BCUT2D eigenvalue weighted by Gasteiger charge is 2.56. The van der Waals surface area contributed by atoms with E-state index in [-0.39, 0.29) is 62.7 Å². The number of ether oxygens (including phenoxy) is 2. The van der Waals surface area contributed by atoms with Crippen LogP contribution in [0.4, 0.5) is 32.0 Å². The molecule has 50 heavy (non-hydrogen) atoms. The number of para-hydroxylation sites is 2. The number of likely N-dealkylation sites (tertiary alicyclic amines) is 1. The van der Waals surface area contributed by atoms with E-state index >= 15 is 0 Å². The molecule has 1 aromatic carbocycles. The van der Waals surface area contributed by atoms with E-state index in [2.05, 4.69) is 4.98 Å². The van der Waals surface area contributed by atoms with Crippen molar-refractivity contribution in [1.82, 2.24) is 14.8 Å². The predicted octanol–water partition coefficient (Wildman–Crippen LogP) is 6.43. The minimum Gasteiger partial charge on any atom is -0.489 e. The van der Waals surface area contributed by atoms with Crippen molar-refractivity contribution in [2.45, 2.75) is 63.5 Å². The number of pyridine rings is 1. The third kappa shape index (κ3) is 7.65. The van der Waals surface area contributed by atoms with Gasteiger partial charge in [-0.1, -0.05) is 25.5 Å². The summed E-state index contributed by atoms with van der Waals surface area (Å²) in [6.07, 6.45) is -7.08. The summed E-state index contributed by atoms with van der Waals surface area (Å²) >= 11 is 0.461. The van der Waals surface area contributed by atoms with Gasteiger partial charge in [-0.3, -0.25) is 14.6 Å². The average Bonchev–Trinajstić information content (AvgIpc) is 3.47. The van der Waals surface area contributed by atoms with E-state index in [0.717, 1.165) is 24.1 Å². The maximum absolute atomic E-state index is 14.8. The molecule has 9 nitrogen and oxygen atoms in total. The van der Waals surface area contributed by atoms with Crippen molar-refractivity contribution in [3.8, 4) is 11.5 Å². The van der Waals surface area contributed by atoms with Gasteiger partial charge in [0.25, 0.3) is 11.8 Å². The second-order valence-electron chi connectivity index (χ2n) is 12.2. The summed E-state index contributed by atoms with van der Waals surface area (Å²) in [4.78, 5) is 36.6. The number of aliphatic hydroxyl groups excluding tert-OH is 1. The van der Waals surface area contributed by atoms with Gasteiger partial charge in [0.1, 0.15) is 23.0 Å². The lowest BCUT2D eigenvalue weighted by atomic mass is 9.79. The number of benzene rings is 1. The van der Waals surface area contributed by atoms with Gasteiger partial charge in [0.2, 0.25) is 5.60 Å². The quantitative estimate of drug-likeness (QED) is 0.241. The molecule has 4 heterocycles. The number of alkyl halides is 6. The van der Waals surface area contributed by atoms with Crippen molar-refractivity contribution in [2.75, 3.05) is 50.8 Å². The molecule has 272 valence electrons. The summed E-state index contributed by atoms with van der Waals surface area (Å²) in [7, 11) is 0. The summed E-state index contributed by atoms with van der Waals surface area (Å²) in [6.45, 7) is 4.20. The van der Waals surface area contributed by atoms with Gasteiger partial charge in [-0.2, -0.15) is 26.3 Å². The number of anilines is 1. The highest BCUT2D eigenvalue weighted by atomic mass is 32.1. The average molecular weight is 729 g/mol. The largest absolute Gasteiger partial charge is 0.489 e. The maximum atomic E-state index is 14.8. The molecule has 16 heteroatoms. The number of carbonyl (C=O) groups is 2. The number of piperidine rings is 1. The number of aryl methyl sites for hydroxylation is 1. The molecule has 2 aliphatic rings. The molecular weight excluding hydrogens is 690 g/mol. The van der Waals surface area contributed by atoms with E-state index in [0.29, 0.717) is 42.7 Å². The fraction of sp³-hybridized carbons (Fsp3) is 0.500. The summed E-state index contributed by atoms with van der Waals surface area (Å²) in [5.74, 6) is -1.17. The number of amides is 2. The maximum Gasteiger partial charge on any atom is 0.425 e. The number of halogens is 6. The number of hydrogen-bond donors (Lipinski definition) is 1. The zero-order valence-electron chi connectivity index (χ0n) is 27.5. The summed E-state index contributed by atoms with van der Waals surface area (Å²) in [6, 6.07) is 7.67. The lowest BCUT2D eigenvalue weighted by Gasteiger charge is -2.51. The fourth-order valence-corrected chi connectivity index (χ4v) is 7.50. The molecule has 0 radical (unpaired) electrons. The molecule has 0 aliphatic carbocycles. The van der Waals surface area contributed by atoms with Crippen LogP contribution in [-0.2, 0) is 17.1 Å². The lowest BCUT2D eigenvalue weighted by molar-refractivity contribution is -0.159. The molecule has 2 aliphatic heterocycles. The molecule has 2 fully saturated rings. The zero-order chi connectivity index (χ0) is 36.3. The summed E-state index contributed by atoms with van der Waals surface area (Å²) in [5, 5.41) is 9.24. The summed E-state index contributed by atoms with van der Waals surface area (Å²) < 4.78 is 95.5. The molecular formula is C34H38F6N4O5S. The highest BCUT2D eigenvalue weighted by molar-refractivity contribution is 7.12. The Balaban J connectivity index is 1.52. The van der Waals surface area contributed by atoms with Crippen molar-refractivity contribution >= 4 is 28.8 Å². The van der Waals surface area contributed by atoms with E-state index < -0.39 is 51.8 Å². The van der Waals surface area contributed by atoms with Crippen LogP contribution in [0.2, 0.25) is 0 Å². The minimum absolute atomic E-state index is 0.00288. The van der Waals surface area contributed by atoms with Gasteiger partial charge in [0.05, 0.1) is 29.5 Å². The predicted molar refractivity (Wildman–Crippen MR) is 173 cm³/mol. The highest BCUT2D eigenvalue weighted by Crippen LogP contribution is 2.45. The van der Waals surface area contributed by atoms with Crippen LogP contribution in [0, 0.1) is 6.92 Å². The molecule has 3 aromatic rings. The molecule has 2 atom stereocenters. The number of carbonyl (C=O) groups excluding carboxylic acids is 2. The van der Waals surface area contributed by atoms with Crippen LogP contribution >= 0.6 is 11.3 Å². The number of nitrogens with zero attached hydrogens (tertiary/aromatic N) is 4. The Morgan fingerprint density at radius 1 is 1.02 bits per heavy atom. The molecule has 2 aromatic heterocycles. The normalized spacial score (nSPS) is 20.2. The van der Waals surface area contributed by atoms with E-state index in [9.17, 15) is 41.0 Å². The van der Waals surface area contributed by atoms with Gasteiger partial charge in [0, 0.05) is 62.5 Å². The van der Waals surface area contributed by atoms with Gasteiger partial charge in [-0.05, 0) is 38.0 Å². The number of hydrogen-bond acceptors (Lipinski definition) is 8.